The summed E-state index contributed by atoms with van der Waals surface area (Å²) in [7, 11) is 0. The number of nitrogens with one attached hydrogen (secondary N) is 1. The SMILES string of the molecule is CCCC/C=C/C=C/OC(O)(NC(=O)CN)C(=O)O. The highest BCUT2D eigenvalue weighted by atomic mass is 16.7. The van der Waals surface area contributed by atoms with Crippen molar-refractivity contribution in [1.29, 1.82) is 0 Å². The Bertz CT molecular complexity index is 354. The summed E-state index contributed by atoms with van der Waals surface area (Å²) in [5.41, 5.74) is 5.00. The van der Waals surface area contributed by atoms with Gasteiger partial charge in [0.15, 0.2) is 0 Å². The Morgan fingerprint density at radius 3 is 2.63 bits per heavy atom. The van der Waals surface area contributed by atoms with Crippen LogP contribution in [0.1, 0.15) is 26.2 Å². The van der Waals surface area contributed by atoms with E-state index in [1.54, 1.807) is 11.4 Å². The summed E-state index contributed by atoms with van der Waals surface area (Å²) >= 11 is 0. The van der Waals surface area contributed by atoms with Crippen LogP contribution in [0.2, 0.25) is 0 Å². The maximum atomic E-state index is 11.0. The van der Waals surface area contributed by atoms with Crippen LogP contribution in [-0.2, 0) is 14.3 Å². The van der Waals surface area contributed by atoms with Crippen molar-refractivity contribution < 1.29 is 24.5 Å². The number of amides is 1. The molecule has 0 spiro atoms. The van der Waals surface area contributed by atoms with Crippen molar-refractivity contribution in [2.75, 3.05) is 6.54 Å². The van der Waals surface area contributed by atoms with Crippen molar-refractivity contribution in [1.82, 2.24) is 5.32 Å². The van der Waals surface area contributed by atoms with E-state index in [1.807, 2.05) is 6.08 Å². The lowest BCUT2D eigenvalue weighted by molar-refractivity contribution is -0.217. The van der Waals surface area contributed by atoms with Crippen molar-refractivity contribution >= 4 is 11.9 Å². The molecule has 0 aliphatic rings. The number of carboxylic acids is 1. The van der Waals surface area contributed by atoms with Gasteiger partial charge in [-0.25, -0.2) is 4.79 Å². The molecule has 0 aromatic heterocycles. The van der Waals surface area contributed by atoms with E-state index in [2.05, 4.69) is 11.7 Å². The topological polar surface area (TPSA) is 122 Å². The average Bonchev–Trinajstić information content (AvgIpc) is 2.37. The van der Waals surface area contributed by atoms with E-state index in [0.29, 0.717) is 0 Å². The fourth-order valence-electron chi connectivity index (χ4n) is 1.05. The van der Waals surface area contributed by atoms with Gasteiger partial charge in [0, 0.05) is 0 Å². The molecule has 0 rings (SSSR count). The number of hydrogen-bond donors (Lipinski definition) is 4. The summed E-state index contributed by atoms with van der Waals surface area (Å²) in [5, 5.41) is 20.1. The van der Waals surface area contributed by atoms with Gasteiger partial charge in [-0.15, -0.1) is 0 Å². The van der Waals surface area contributed by atoms with Gasteiger partial charge in [-0.2, -0.15) is 0 Å². The number of unbranched alkanes of at least 4 members (excludes halogenated alkanes) is 2. The van der Waals surface area contributed by atoms with Crippen LogP contribution in [0, 0.1) is 0 Å². The number of carbonyl (C=O) groups excluding carboxylic acids is 1. The van der Waals surface area contributed by atoms with Crippen LogP contribution in [0.15, 0.2) is 24.5 Å². The van der Waals surface area contributed by atoms with E-state index in [4.69, 9.17) is 10.8 Å². The molecule has 0 fully saturated rings. The molecule has 108 valence electrons. The van der Waals surface area contributed by atoms with Crippen LogP contribution >= 0.6 is 0 Å². The molecule has 1 unspecified atom stereocenters. The van der Waals surface area contributed by atoms with E-state index >= 15 is 0 Å². The molecule has 0 aliphatic heterocycles. The predicted molar refractivity (Wildman–Crippen MR) is 68.7 cm³/mol. The minimum Gasteiger partial charge on any atom is -0.475 e. The molecular weight excluding hydrogens is 252 g/mol. The molecule has 7 nitrogen and oxygen atoms in total. The molecule has 7 heteroatoms. The lowest BCUT2D eigenvalue weighted by atomic mass is 10.2. The Morgan fingerprint density at radius 1 is 1.42 bits per heavy atom. The third-order valence-electron chi connectivity index (χ3n) is 2.07. The lowest BCUT2D eigenvalue weighted by Gasteiger charge is -2.22. The van der Waals surface area contributed by atoms with Crippen LogP contribution in [-0.4, -0.2) is 34.5 Å². The molecule has 5 N–H and O–H groups in total. The zero-order valence-corrected chi connectivity index (χ0v) is 10.8. The second-order valence-electron chi connectivity index (χ2n) is 3.72. The van der Waals surface area contributed by atoms with Crippen molar-refractivity contribution in [3.63, 3.8) is 0 Å². The third-order valence-corrected chi connectivity index (χ3v) is 2.07. The van der Waals surface area contributed by atoms with Gasteiger partial charge >= 0.3 is 11.9 Å². The number of rotatable bonds is 9. The largest absolute Gasteiger partial charge is 0.475 e. The first-order valence-corrected chi connectivity index (χ1v) is 5.92. The maximum Gasteiger partial charge on any atom is 0.401 e. The summed E-state index contributed by atoms with van der Waals surface area (Å²) < 4.78 is 4.61. The van der Waals surface area contributed by atoms with Gasteiger partial charge in [0.1, 0.15) is 0 Å². The molecular formula is C12H20N2O5. The van der Waals surface area contributed by atoms with Gasteiger partial charge in [0.25, 0.3) is 0 Å². The summed E-state index contributed by atoms with van der Waals surface area (Å²) in [5.74, 6) is -5.41. The first-order valence-electron chi connectivity index (χ1n) is 5.92. The van der Waals surface area contributed by atoms with Crippen LogP contribution in [0.3, 0.4) is 0 Å². The predicted octanol–water partition coefficient (Wildman–Crippen LogP) is 0.0687. The number of nitrogens with two attached hydrogens (primary N) is 1. The molecule has 1 atom stereocenters. The van der Waals surface area contributed by atoms with E-state index in [1.165, 1.54) is 6.08 Å². The number of carboxylic acid groups (broad SMARTS) is 1. The summed E-state index contributed by atoms with van der Waals surface area (Å²) in [6.45, 7) is 1.61. The molecule has 0 bridgehead atoms. The van der Waals surface area contributed by atoms with Gasteiger partial charge in [0.2, 0.25) is 5.91 Å². The minimum absolute atomic E-state index is 0.459. The lowest BCUT2D eigenvalue weighted by Crippen LogP contribution is -2.57. The van der Waals surface area contributed by atoms with Crippen molar-refractivity contribution in [2.24, 2.45) is 5.73 Å². The number of aliphatic hydroxyl groups is 1. The van der Waals surface area contributed by atoms with E-state index in [0.717, 1.165) is 25.5 Å². The number of aliphatic carboxylic acids is 1. The van der Waals surface area contributed by atoms with Gasteiger partial charge in [-0.3, -0.25) is 10.1 Å². The van der Waals surface area contributed by atoms with E-state index in [9.17, 15) is 14.7 Å². The molecule has 0 saturated carbocycles. The van der Waals surface area contributed by atoms with Crippen molar-refractivity contribution in [3.05, 3.63) is 24.5 Å². The molecule has 0 heterocycles. The maximum absolute atomic E-state index is 11.0. The molecule has 1 amide bonds. The Labute approximate surface area is 111 Å². The molecule has 0 aromatic carbocycles. The minimum atomic E-state index is -2.82. The Kier molecular flexibility index (Phi) is 8.23. The van der Waals surface area contributed by atoms with Crippen LogP contribution in [0.25, 0.3) is 0 Å². The fraction of sp³-hybridized carbons (Fsp3) is 0.500. The Morgan fingerprint density at radius 2 is 2.11 bits per heavy atom. The highest BCUT2D eigenvalue weighted by molar-refractivity contribution is 5.85. The van der Waals surface area contributed by atoms with Gasteiger partial charge in [-0.05, 0) is 12.5 Å². The molecule has 0 aliphatic carbocycles. The van der Waals surface area contributed by atoms with Crippen molar-refractivity contribution in [3.8, 4) is 0 Å². The van der Waals surface area contributed by atoms with E-state index in [-0.39, 0.29) is 0 Å². The highest BCUT2D eigenvalue weighted by Crippen LogP contribution is 2.04. The van der Waals surface area contributed by atoms with Crippen LogP contribution in [0.5, 0.6) is 0 Å². The zero-order valence-electron chi connectivity index (χ0n) is 10.8. The molecule has 19 heavy (non-hydrogen) atoms. The molecule has 0 aromatic rings. The van der Waals surface area contributed by atoms with Crippen LogP contribution in [0.4, 0.5) is 0 Å². The first kappa shape index (κ1) is 17.1. The van der Waals surface area contributed by atoms with Crippen LogP contribution < -0.4 is 11.1 Å². The quantitative estimate of drug-likeness (QED) is 0.204. The number of carbonyl (C=O) groups is 2. The monoisotopic (exact) mass is 272 g/mol. The second kappa shape index (κ2) is 9.12. The van der Waals surface area contributed by atoms with E-state index < -0.39 is 24.3 Å². The number of allylic oxidation sites excluding steroid dienone is 3. The van der Waals surface area contributed by atoms with Gasteiger partial charge < -0.3 is 20.7 Å². The highest BCUT2D eigenvalue weighted by Gasteiger charge is 2.39. The number of ether oxygens (including phenoxy) is 1. The average molecular weight is 272 g/mol. The summed E-state index contributed by atoms with van der Waals surface area (Å²) in [4.78, 5) is 21.8. The van der Waals surface area contributed by atoms with Gasteiger partial charge in [-0.1, -0.05) is 31.9 Å². The molecule has 0 saturated heterocycles. The fourth-order valence-corrected chi connectivity index (χ4v) is 1.05. The zero-order chi connectivity index (χ0) is 14.7. The Hall–Kier alpha value is -1.86. The summed E-state index contributed by atoms with van der Waals surface area (Å²) in [6.07, 6.45) is 8.95. The van der Waals surface area contributed by atoms with Crippen molar-refractivity contribution in [2.45, 2.75) is 32.1 Å². The summed E-state index contributed by atoms with van der Waals surface area (Å²) in [6, 6.07) is 0. The Balaban J connectivity index is 4.35. The first-order chi connectivity index (χ1) is 8.96. The smallest absolute Gasteiger partial charge is 0.401 e. The normalized spacial score (nSPS) is 14.5. The van der Waals surface area contributed by atoms with Gasteiger partial charge in [0.05, 0.1) is 12.8 Å². The number of hydrogen-bond acceptors (Lipinski definition) is 5. The standard InChI is InChI=1S/C12H20N2O5/c1-2-3-4-5-6-7-8-19-12(18,11(16)17)14-10(15)9-13/h5-8,18H,2-4,9,13H2,1H3,(H,14,15)(H,16,17)/b6-5+,8-7+. The third kappa shape index (κ3) is 7.22. The second-order valence-corrected chi connectivity index (χ2v) is 3.72. The molecule has 0 radical (unpaired) electrons.